The third-order valence-electron chi connectivity index (χ3n) is 5.48. The molecule has 156 valence electrons. The lowest BCUT2D eigenvalue weighted by atomic mass is 10.00. The zero-order valence-corrected chi connectivity index (χ0v) is 18.2. The van der Waals surface area contributed by atoms with E-state index in [1.54, 1.807) is 0 Å². The van der Waals surface area contributed by atoms with Crippen molar-refractivity contribution in [2.24, 2.45) is 0 Å². The van der Waals surface area contributed by atoms with Crippen molar-refractivity contribution in [2.75, 3.05) is 19.7 Å². The van der Waals surface area contributed by atoms with Crippen molar-refractivity contribution in [2.45, 2.75) is 25.2 Å². The molecule has 0 unspecified atom stereocenters. The number of hydrogen-bond acceptors (Lipinski definition) is 3. The molecule has 0 aromatic heterocycles. The van der Waals surface area contributed by atoms with Gasteiger partial charge in [-0.2, -0.15) is 0 Å². The number of aliphatic hydroxyl groups excluding tert-OH is 1. The Morgan fingerprint density at radius 1 is 0.833 bits per heavy atom. The first-order chi connectivity index (χ1) is 14.6. The third kappa shape index (κ3) is 5.42. The van der Waals surface area contributed by atoms with Crippen molar-refractivity contribution < 1.29 is 9.84 Å². The number of fused-ring (bicyclic) bond motifs is 1. The summed E-state index contributed by atoms with van der Waals surface area (Å²) in [5.41, 5.74) is 4.73. The molecule has 0 saturated heterocycles. The summed E-state index contributed by atoms with van der Waals surface area (Å²) in [6, 6.07) is 23.7. The lowest BCUT2D eigenvalue weighted by molar-refractivity contribution is -0.0100. The maximum atomic E-state index is 10.7. The first-order valence-electron chi connectivity index (χ1n) is 10.2. The molecule has 3 nitrogen and oxygen atoms in total. The van der Waals surface area contributed by atoms with E-state index in [4.69, 9.17) is 27.9 Å². The molecule has 4 rings (SSSR count). The average Bonchev–Trinajstić information content (AvgIpc) is 2.76. The van der Waals surface area contributed by atoms with Crippen LogP contribution in [0.5, 0.6) is 0 Å². The van der Waals surface area contributed by atoms with Gasteiger partial charge in [0.25, 0.3) is 0 Å². The minimum absolute atomic E-state index is 0.244. The summed E-state index contributed by atoms with van der Waals surface area (Å²) in [4.78, 5) is 2.29. The van der Waals surface area contributed by atoms with Crippen LogP contribution in [0.3, 0.4) is 0 Å². The maximum absolute atomic E-state index is 10.7. The SMILES string of the molecule is O[C@@H](COC(c1ccc(Cl)cc1)c1ccc(Cl)cc1)CN1CCc2ccccc2C1. The molecule has 1 atom stereocenters. The maximum Gasteiger partial charge on any atom is 0.108 e. The molecule has 0 saturated carbocycles. The van der Waals surface area contributed by atoms with Gasteiger partial charge in [0.05, 0.1) is 12.7 Å². The van der Waals surface area contributed by atoms with Gasteiger partial charge >= 0.3 is 0 Å². The van der Waals surface area contributed by atoms with E-state index in [-0.39, 0.29) is 12.7 Å². The molecule has 0 aliphatic carbocycles. The quantitative estimate of drug-likeness (QED) is 0.523. The van der Waals surface area contributed by atoms with Crippen LogP contribution in [0.1, 0.15) is 28.4 Å². The van der Waals surface area contributed by atoms with E-state index in [9.17, 15) is 5.11 Å². The molecular weight excluding hydrogens is 417 g/mol. The molecule has 0 amide bonds. The van der Waals surface area contributed by atoms with E-state index in [2.05, 4.69) is 29.2 Å². The Labute approximate surface area is 187 Å². The number of hydrogen-bond donors (Lipinski definition) is 1. The summed E-state index contributed by atoms with van der Waals surface area (Å²) in [7, 11) is 0. The molecule has 3 aromatic carbocycles. The molecule has 5 heteroatoms. The molecule has 30 heavy (non-hydrogen) atoms. The average molecular weight is 442 g/mol. The van der Waals surface area contributed by atoms with Gasteiger partial charge in [0.15, 0.2) is 0 Å². The highest BCUT2D eigenvalue weighted by Crippen LogP contribution is 2.28. The van der Waals surface area contributed by atoms with Gasteiger partial charge in [-0.3, -0.25) is 4.90 Å². The second kappa shape index (κ2) is 9.95. The Morgan fingerprint density at radius 2 is 1.40 bits per heavy atom. The highest BCUT2D eigenvalue weighted by Gasteiger charge is 2.21. The van der Waals surface area contributed by atoms with Crippen molar-refractivity contribution in [1.82, 2.24) is 4.90 Å². The van der Waals surface area contributed by atoms with Crippen LogP contribution in [0.4, 0.5) is 0 Å². The van der Waals surface area contributed by atoms with E-state index >= 15 is 0 Å². The normalized spacial score (nSPS) is 15.2. The van der Waals surface area contributed by atoms with Crippen molar-refractivity contribution in [3.05, 3.63) is 105 Å². The molecule has 0 spiro atoms. The summed E-state index contributed by atoms with van der Waals surface area (Å²) in [6.07, 6.45) is 0.149. The minimum atomic E-state index is -0.572. The van der Waals surface area contributed by atoms with Crippen LogP contribution in [0.15, 0.2) is 72.8 Å². The highest BCUT2D eigenvalue weighted by atomic mass is 35.5. The monoisotopic (exact) mass is 441 g/mol. The minimum Gasteiger partial charge on any atom is -0.389 e. The fraction of sp³-hybridized carbons (Fsp3) is 0.280. The largest absolute Gasteiger partial charge is 0.389 e. The predicted octanol–water partition coefficient (Wildman–Crippen LogP) is 5.52. The van der Waals surface area contributed by atoms with Gasteiger partial charge in [0, 0.05) is 29.7 Å². The van der Waals surface area contributed by atoms with Gasteiger partial charge in [0.1, 0.15) is 6.10 Å². The van der Waals surface area contributed by atoms with Crippen LogP contribution in [-0.2, 0) is 17.7 Å². The molecule has 1 aliphatic heterocycles. The second-order valence-electron chi connectivity index (χ2n) is 7.72. The molecule has 1 N–H and O–H groups in total. The summed E-state index contributed by atoms with van der Waals surface area (Å²) >= 11 is 12.1. The molecule has 0 fully saturated rings. The molecule has 3 aromatic rings. The predicted molar refractivity (Wildman–Crippen MR) is 122 cm³/mol. The van der Waals surface area contributed by atoms with Crippen molar-refractivity contribution in [3.8, 4) is 0 Å². The Morgan fingerprint density at radius 3 is 2.00 bits per heavy atom. The van der Waals surface area contributed by atoms with Crippen LogP contribution < -0.4 is 0 Å². The Balaban J connectivity index is 1.40. The number of ether oxygens (including phenoxy) is 1. The van der Waals surface area contributed by atoms with Crippen LogP contribution in [0.2, 0.25) is 10.0 Å². The summed E-state index contributed by atoms with van der Waals surface area (Å²) in [5.74, 6) is 0. The van der Waals surface area contributed by atoms with E-state index in [0.29, 0.717) is 16.6 Å². The summed E-state index contributed by atoms with van der Waals surface area (Å²) in [5, 5.41) is 12.0. The van der Waals surface area contributed by atoms with Crippen LogP contribution in [-0.4, -0.2) is 35.8 Å². The summed E-state index contributed by atoms with van der Waals surface area (Å²) < 4.78 is 6.20. The van der Waals surface area contributed by atoms with Gasteiger partial charge in [-0.25, -0.2) is 0 Å². The molecule has 0 bridgehead atoms. The van der Waals surface area contributed by atoms with E-state index in [1.165, 1.54) is 11.1 Å². The zero-order chi connectivity index (χ0) is 20.9. The second-order valence-corrected chi connectivity index (χ2v) is 8.60. The molecule has 1 heterocycles. The number of nitrogens with zero attached hydrogens (tertiary/aromatic N) is 1. The number of halogens is 2. The Hall–Kier alpha value is -1.88. The Kier molecular flexibility index (Phi) is 7.08. The van der Waals surface area contributed by atoms with E-state index in [0.717, 1.165) is 30.6 Å². The first kappa shape index (κ1) is 21.4. The van der Waals surface area contributed by atoms with Gasteiger partial charge in [-0.1, -0.05) is 71.7 Å². The first-order valence-corrected chi connectivity index (χ1v) is 10.9. The molecule has 1 aliphatic rings. The van der Waals surface area contributed by atoms with Crippen molar-refractivity contribution in [1.29, 1.82) is 0 Å². The lowest BCUT2D eigenvalue weighted by Gasteiger charge is -2.30. The lowest BCUT2D eigenvalue weighted by Crippen LogP contribution is -2.38. The molecular formula is C25H25Cl2NO2. The van der Waals surface area contributed by atoms with E-state index in [1.807, 2.05) is 48.5 Å². The van der Waals surface area contributed by atoms with E-state index < -0.39 is 6.10 Å². The fourth-order valence-corrected chi connectivity index (χ4v) is 4.18. The van der Waals surface area contributed by atoms with Crippen molar-refractivity contribution in [3.63, 3.8) is 0 Å². The topological polar surface area (TPSA) is 32.7 Å². The third-order valence-corrected chi connectivity index (χ3v) is 5.98. The molecule has 0 radical (unpaired) electrons. The zero-order valence-electron chi connectivity index (χ0n) is 16.7. The number of β-amino-alcohol motifs (C(OH)–C–C–N with tert-alkyl or cyclic N) is 1. The summed E-state index contributed by atoms with van der Waals surface area (Å²) in [6.45, 7) is 2.65. The van der Waals surface area contributed by atoms with Gasteiger partial charge in [-0.15, -0.1) is 0 Å². The number of aliphatic hydroxyl groups is 1. The Bertz CT molecular complexity index is 914. The van der Waals surface area contributed by atoms with Gasteiger partial charge < -0.3 is 9.84 Å². The van der Waals surface area contributed by atoms with Crippen molar-refractivity contribution >= 4 is 23.2 Å². The highest BCUT2D eigenvalue weighted by molar-refractivity contribution is 6.30. The van der Waals surface area contributed by atoms with Gasteiger partial charge in [-0.05, 0) is 52.9 Å². The smallest absolute Gasteiger partial charge is 0.108 e. The number of benzene rings is 3. The van der Waals surface area contributed by atoms with Crippen LogP contribution in [0, 0.1) is 0 Å². The van der Waals surface area contributed by atoms with Crippen LogP contribution in [0.25, 0.3) is 0 Å². The standard InChI is InChI=1S/C25H25Cl2NO2/c26-22-9-5-19(6-10-22)25(20-7-11-23(27)12-8-20)30-17-24(29)16-28-14-13-18-3-1-2-4-21(18)15-28/h1-12,24-25,29H,13-17H2/t24-/m1/s1. The fourth-order valence-electron chi connectivity index (χ4n) is 3.93. The number of rotatable bonds is 7. The van der Waals surface area contributed by atoms with Crippen LogP contribution >= 0.6 is 23.2 Å². The van der Waals surface area contributed by atoms with Gasteiger partial charge in [0.2, 0.25) is 0 Å².